The van der Waals surface area contributed by atoms with Crippen molar-refractivity contribution in [3.63, 3.8) is 0 Å². The molecule has 78 valence electrons. The minimum atomic E-state index is -0.555. The lowest BCUT2D eigenvalue weighted by atomic mass is 10.1. The molecule has 1 amide bonds. The van der Waals surface area contributed by atoms with Gasteiger partial charge in [0, 0.05) is 5.92 Å². The molecule has 3 nitrogen and oxygen atoms in total. The molecule has 1 aromatic carbocycles. The van der Waals surface area contributed by atoms with Crippen LogP contribution < -0.4 is 5.32 Å². The third-order valence-corrected chi connectivity index (χ3v) is 2.07. The zero-order valence-corrected chi connectivity index (χ0v) is 8.90. The van der Waals surface area contributed by atoms with Gasteiger partial charge in [0.2, 0.25) is 5.91 Å². The van der Waals surface area contributed by atoms with E-state index in [1.54, 1.807) is 13.8 Å². The predicted octanol–water partition coefficient (Wildman–Crippen LogP) is 2.02. The normalized spacial score (nSPS) is 11.9. The highest BCUT2D eigenvalue weighted by Crippen LogP contribution is 2.11. The summed E-state index contributed by atoms with van der Waals surface area (Å²) in [6.07, 6.45) is 0. The van der Waals surface area contributed by atoms with Crippen molar-refractivity contribution in [3.05, 3.63) is 35.9 Å². The van der Waals surface area contributed by atoms with E-state index in [1.807, 2.05) is 30.3 Å². The summed E-state index contributed by atoms with van der Waals surface area (Å²) in [4.78, 5) is 11.4. The minimum Gasteiger partial charge on any atom is -0.336 e. The molecule has 0 aromatic heterocycles. The SMILES string of the molecule is CC(C)C(=O)N[C@@H](C#N)c1ccccc1. The molecule has 0 bridgehead atoms. The molecule has 1 rings (SSSR count). The number of hydrogen-bond acceptors (Lipinski definition) is 2. The first-order valence-electron chi connectivity index (χ1n) is 4.90. The molecule has 0 unspecified atom stereocenters. The van der Waals surface area contributed by atoms with E-state index in [0.29, 0.717) is 0 Å². The number of benzene rings is 1. The monoisotopic (exact) mass is 202 g/mol. The van der Waals surface area contributed by atoms with Crippen LogP contribution in [0.15, 0.2) is 30.3 Å². The van der Waals surface area contributed by atoms with Gasteiger partial charge in [-0.2, -0.15) is 5.26 Å². The van der Waals surface area contributed by atoms with Gasteiger partial charge in [-0.3, -0.25) is 4.79 Å². The predicted molar refractivity (Wildman–Crippen MR) is 57.8 cm³/mol. The van der Waals surface area contributed by atoms with Gasteiger partial charge in [-0.05, 0) is 5.56 Å². The molecule has 0 saturated heterocycles. The van der Waals surface area contributed by atoms with Gasteiger partial charge in [-0.1, -0.05) is 44.2 Å². The van der Waals surface area contributed by atoms with Crippen LogP contribution in [0.4, 0.5) is 0 Å². The fourth-order valence-corrected chi connectivity index (χ4v) is 1.14. The first-order valence-corrected chi connectivity index (χ1v) is 4.90. The summed E-state index contributed by atoms with van der Waals surface area (Å²) in [6, 6.07) is 10.7. The summed E-state index contributed by atoms with van der Waals surface area (Å²) in [5.74, 6) is -0.213. The standard InChI is InChI=1S/C12H14N2O/c1-9(2)12(15)14-11(8-13)10-6-4-3-5-7-10/h3-7,9,11H,1-2H3,(H,14,15)/t11-/m0/s1. The van der Waals surface area contributed by atoms with E-state index in [9.17, 15) is 4.79 Å². The summed E-state index contributed by atoms with van der Waals surface area (Å²) in [5, 5.41) is 11.6. The second-order valence-corrected chi connectivity index (χ2v) is 3.64. The molecule has 0 spiro atoms. The van der Waals surface area contributed by atoms with E-state index in [0.717, 1.165) is 5.56 Å². The largest absolute Gasteiger partial charge is 0.336 e. The molecule has 0 fully saturated rings. The van der Waals surface area contributed by atoms with Crippen LogP contribution in [0.5, 0.6) is 0 Å². The molecule has 0 saturated carbocycles. The van der Waals surface area contributed by atoms with Crippen molar-refractivity contribution in [1.29, 1.82) is 5.26 Å². The number of hydrogen-bond donors (Lipinski definition) is 1. The van der Waals surface area contributed by atoms with Crippen LogP contribution in [-0.2, 0) is 4.79 Å². The Morgan fingerprint density at radius 3 is 2.40 bits per heavy atom. The van der Waals surface area contributed by atoms with Crippen LogP contribution in [-0.4, -0.2) is 5.91 Å². The molecular formula is C12H14N2O. The summed E-state index contributed by atoms with van der Waals surface area (Å²) in [5.41, 5.74) is 0.814. The maximum Gasteiger partial charge on any atom is 0.223 e. The van der Waals surface area contributed by atoms with Gasteiger partial charge in [0.05, 0.1) is 6.07 Å². The highest BCUT2D eigenvalue weighted by atomic mass is 16.1. The Bertz CT molecular complexity index is 365. The van der Waals surface area contributed by atoms with Crippen molar-refractivity contribution in [2.24, 2.45) is 5.92 Å². The van der Waals surface area contributed by atoms with Crippen molar-refractivity contribution in [3.8, 4) is 6.07 Å². The smallest absolute Gasteiger partial charge is 0.223 e. The molecule has 1 N–H and O–H groups in total. The summed E-state index contributed by atoms with van der Waals surface area (Å²) >= 11 is 0. The molecule has 0 radical (unpaired) electrons. The lowest BCUT2D eigenvalue weighted by Gasteiger charge is -2.13. The molecule has 0 heterocycles. The lowest BCUT2D eigenvalue weighted by Crippen LogP contribution is -2.31. The maximum absolute atomic E-state index is 11.4. The van der Waals surface area contributed by atoms with E-state index in [4.69, 9.17) is 5.26 Å². The number of carbonyl (C=O) groups excluding carboxylic acids is 1. The van der Waals surface area contributed by atoms with Gasteiger partial charge in [0.1, 0.15) is 6.04 Å². The van der Waals surface area contributed by atoms with Gasteiger partial charge in [-0.15, -0.1) is 0 Å². The van der Waals surface area contributed by atoms with Gasteiger partial charge >= 0.3 is 0 Å². The number of nitrogens with zero attached hydrogens (tertiary/aromatic N) is 1. The number of carbonyl (C=O) groups is 1. The first kappa shape index (κ1) is 11.3. The van der Waals surface area contributed by atoms with Crippen molar-refractivity contribution in [1.82, 2.24) is 5.32 Å². The van der Waals surface area contributed by atoms with E-state index in [-0.39, 0.29) is 11.8 Å². The lowest BCUT2D eigenvalue weighted by molar-refractivity contribution is -0.124. The molecule has 3 heteroatoms. The van der Waals surface area contributed by atoms with E-state index >= 15 is 0 Å². The first-order chi connectivity index (χ1) is 7.15. The number of nitriles is 1. The Labute approximate surface area is 89.7 Å². The Morgan fingerprint density at radius 1 is 1.33 bits per heavy atom. The average Bonchev–Trinajstić information content (AvgIpc) is 2.26. The van der Waals surface area contributed by atoms with Crippen LogP contribution in [0.2, 0.25) is 0 Å². The van der Waals surface area contributed by atoms with E-state index in [1.165, 1.54) is 0 Å². The average molecular weight is 202 g/mol. The van der Waals surface area contributed by atoms with Crippen molar-refractivity contribution >= 4 is 5.91 Å². The second-order valence-electron chi connectivity index (χ2n) is 3.64. The van der Waals surface area contributed by atoms with Gasteiger partial charge in [0.15, 0.2) is 0 Å². The van der Waals surface area contributed by atoms with E-state index < -0.39 is 6.04 Å². The Kier molecular flexibility index (Phi) is 3.87. The highest BCUT2D eigenvalue weighted by Gasteiger charge is 2.15. The van der Waals surface area contributed by atoms with Crippen molar-refractivity contribution < 1.29 is 4.79 Å². The van der Waals surface area contributed by atoms with Gasteiger partial charge < -0.3 is 5.32 Å². The zero-order chi connectivity index (χ0) is 11.3. The molecule has 15 heavy (non-hydrogen) atoms. The minimum absolute atomic E-state index is 0.106. The molecular weight excluding hydrogens is 188 g/mol. The molecule has 0 aliphatic rings. The zero-order valence-electron chi connectivity index (χ0n) is 8.90. The molecule has 1 aromatic rings. The Hall–Kier alpha value is -1.82. The van der Waals surface area contributed by atoms with Crippen molar-refractivity contribution in [2.75, 3.05) is 0 Å². The van der Waals surface area contributed by atoms with Crippen LogP contribution in [0.25, 0.3) is 0 Å². The quantitative estimate of drug-likeness (QED) is 0.815. The molecule has 0 aliphatic heterocycles. The second kappa shape index (κ2) is 5.16. The molecule has 1 atom stereocenters. The topological polar surface area (TPSA) is 52.9 Å². The summed E-state index contributed by atoms with van der Waals surface area (Å²) in [6.45, 7) is 3.60. The fourth-order valence-electron chi connectivity index (χ4n) is 1.14. The summed E-state index contributed by atoms with van der Waals surface area (Å²) < 4.78 is 0. The molecule has 0 aliphatic carbocycles. The van der Waals surface area contributed by atoms with E-state index in [2.05, 4.69) is 11.4 Å². The number of nitrogens with one attached hydrogen (secondary N) is 1. The van der Waals surface area contributed by atoms with Crippen LogP contribution in [0.3, 0.4) is 0 Å². The highest BCUT2D eigenvalue weighted by molar-refractivity contribution is 5.78. The maximum atomic E-state index is 11.4. The summed E-state index contributed by atoms with van der Waals surface area (Å²) in [7, 11) is 0. The fraction of sp³-hybridized carbons (Fsp3) is 0.333. The third-order valence-electron chi connectivity index (χ3n) is 2.07. The third kappa shape index (κ3) is 3.10. The Morgan fingerprint density at radius 2 is 1.93 bits per heavy atom. The number of rotatable bonds is 3. The van der Waals surface area contributed by atoms with Gasteiger partial charge in [-0.25, -0.2) is 0 Å². The van der Waals surface area contributed by atoms with Crippen LogP contribution in [0, 0.1) is 17.2 Å². The Balaban J connectivity index is 2.75. The van der Waals surface area contributed by atoms with Crippen LogP contribution >= 0.6 is 0 Å². The van der Waals surface area contributed by atoms with Gasteiger partial charge in [0.25, 0.3) is 0 Å². The van der Waals surface area contributed by atoms with Crippen molar-refractivity contribution in [2.45, 2.75) is 19.9 Å². The van der Waals surface area contributed by atoms with Crippen LogP contribution in [0.1, 0.15) is 25.5 Å². The number of amides is 1.